The van der Waals surface area contributed by atoms with E-state index in [4.69, 9.17) is 4.74 Å². The van der Waals surface area contributed by atoms with E-state index in [9.17, 15) is 18.0 Å². The third kappa shape index (κ3) is 5.41. The fraction of sp³-hybridized carbons (Fsp3) is 0.278. The number of rotatable bonds is 7. The lowest BCUT2D eigenvalue weighted by Gasteiger charge is -2.11. The van der Waals surface area contributed by atoms with Crippen LogP contribution in [0.25, 0.3) is 0 Å². The number of amides is 1. The Hall–Kier alpha value is -2.70. The number of benzene rings is 2. The SMILES string of the molecule is CC(C)Oc1ccc(NCCC(=O)Nc2ccc(F)c(F)c2F)cc1. The zero-order chi connectivity index (χ0) is 18.4. The summed E-state index contributed by atoms with van der Waals surface area (Å²) in [5.41, 5.74) is 0.405. The van der Waals surface area contributed by atoms with E-state index in [1.807, 2.05) is 26.0 Å². The Bertz CT molecular complexity index is 734. The Balaban J connectivity index is 1.82. The van der Waals surface area contributed by atoms with Gasteiger partial charge < -0.3 is 15.4 Å². The summed E-state index contributed by atoms with van der Waals surface area (Å²) in [4.78, 5) is 11.8. The molecule has 0 aliphatic rings. The van der Waals surface area contributed by atoms with Crippen LogP contribution < -0.4 is 15.4 Å². The van der Waals surface area contributed by atoms with E-state index in [-0.39, 0.29) is 18.2 Å². The molecule has 0 radical (unpaired) electrons. The highest BCUT2D eigenvalue weighted by Crippen LogP contribution is 2.20. The molecule has 0 saturated carbocycles. The van der Waals surface area contributed by atoms with Crippen LogP contribution in [0.4, 0.5) is 24.5 Å². The molecule has 0 saturated heterocycles. The first-order chi connectivity index (χ1) is 11.9. The average Bonchev–Trinajstić information content (AvgIpc) is 2.56. The van der Waals surface area contributed by atoms with Crippen molar-refractivity contribution in [2.45, 2.75) is 26.4 Å². The van der Waals surface area contributed by atoms with Gasteiger partial charge in [-0.15, -0.1) is 0 Å². The molecule has 7 heteroatoms. The predicted octanol–water partition coefficient (Wildman–Crippen LogP) is 4.33. The Kier molecular flexibility index (Phi) is 6.27. The van der Waals surface area contributed by atoms with E-state index in [2.05, 4.69) is 10.6 Å². The topological polar surface area (TPSA) is 50.4 Å². The zero-order valence-corrected chi connectivity index (χ0v) is 13.9. The molecule has 4 nitrogen and oxygen atoms in total. The van der Waals surface area contributed by atoms with Crippen LogP contribution in [0.15, 0.2) is 36.4 Å². The fourth-order valence-electron chi connectivity index (χ4n) is 2.08. The van der Waals surface area contributed by atoms with Crippen molar-refractivity contribution in [3.8, 4) is 5.75 Å². The second kappa shape index (κ2) is 8.41. The van der Waals surface area contributed by atoms with Crippen molar-refractivity contribution in [1.82, 2.24) is 0 Å². The van der Waals surface area contributed by atoms with Gasteiger partial charge in [0.15, 0.2) is 17.5 Å². The molecule has 0 aromatic heterocycles. The smallest absolute Gasteiger partial charge is 0.226 e. The van der Waals surface area contributed by atoms with Crippen LogP contribution in [0, 0.1) is 17.5 Å². The maximum Gasteiger partial charge on any atom is 0.226 e. The summed E-state index contributed by atoms with van der Waals surface area (Å²) in [6.45, 7) is 4.16. The molecular formula is C18H19F3N2O2. The first-order valence-corrected chi connectivity index (χ1v) is 7.80. The van der Waals surface area contributed by atoms with Crippen LogP contribution >= 0.6 is 0 Å². The summed E-state index contributed by atoms with van der Waals surface area (Å²) < 4.78 is 44.9. The summed E-state index contributed by atoms with van der Waals surface area (Å²) >= 11 is 0. The molecule has 25 heavy (non-hydrogen) atoms. The molecule has 0 heterocycles. The molecule has 0 fully saturated rings. The van der Waals surface area contributed by atoms with Gasteiger partial charge in [-0.25, -0.2) is 13.2 Å². The third-order valence-corrected chi connectivity index (χ3v) is 3.22. The fourth-order valence-corrected chi connectivity index (χ4v) is 2.08. The van der Waals surface area contributed by atoms with Crippen molar-refractivity contribution in [1.29, 1.82) is 0 Å². The van der Waals surface area contributed by atoms with E-state index >= 15 is 0 Å². The first-order valence-electron chi connectivity index (χ1n) is 7.80. The second-order valence-corrected chi connectivity index (χ2v) is 5.64. The van der Waals surface area contributed by atoms with Gasteiger partial charge in [0.2, 0.25) is 5.91 Å². The van der Waals surface area contributed by atoms with Gasteiger partial charge in [0.1, 0.15) is 5.75 Å². The largest absolute Gasteiger partial charge is 0.491 e. The van der Waals surface area contributed by atoms with Gasteiger partial charge in [-0.05, 0) is 50.2 Å². The van der Waals surface area contributed by atoms with Crippen molar-refractivity contribution in [3.05, 3.63) is 53.8 Å². The van der Waals surface area contributed by atoms with Gasteiger partial charge in [-0.2, -0.15) is 0 Å². The molecule has 0 unspecified atom stereocenters. The summed E-state index contributed by atoms with van der Waals surface area (Å²) in [6, 6.07) is 8.97. The molecule has 1 amide bonds. The van der Waals surface area contributed by atoms with Crippen molar-refractivity contribution in [3.63, 3.8) is 0 Å². The maximum absolute atomic E-state index is 13.5. The Morgan fingerprint density at radius 3 is 2.36 bits per heavy atom. The quantitative estimate of drug-likeness (QED) is 0.729. The lowest BCUT2D eigenvalue weighted by atomic mass is 10.2. The lowest BCUT2D eigenvalue weighted by molar-refractivity contribution is -0.116. The molecule has 2 aromatic rings. The van der Waals surface area contributed by atoms with Crippen LogP contribution in [0.5, 0.6) is 5.75 Å². The Morgan fingerprint density at radius 1 is 1.04 bits per heavy atom. The normalized spacial score (nSPS) is 10.6. The number of halogens is 3. The van der Waals surface area contributed by atoms with Crippen LogP contribution in [0.1, 0.15) is 20.3 Å². The van der Waals surface area contributed by atoms with Gasteiger partial charge in [0, 0.05) is 18.7 Å². The minimum Gasteiger partial charge on any atom is -0.491 e. The minimum absolute atomic E-state index is 0.0304. The van der Waals surface area contributed by atoms with Gasteiger partial charge >= 0.3 is 0 Å². The standard InChI is InChI=1S/C18H19F3N2O2/c1-11(2)25-13-5-3-12(4-6-13)22-10-9-16(24)23-15-8-7-14(19)17(20)18(15)21/h3-8,11,22H,9-10H2,1-2H3,(H,23,24). The summed E-state index contributed by atoms with van der Waals surface area (Å²) in [7, 11) is 0. The van der Waals surface area contributed by atoms with E-state index in [1.54, 1.807) is 12.1 Å². The average molecular weight is 352 g/mol. The molecule has 2 aromatic carbocycles. The lowest BCUT2D eigenvalue weighted by Crippen LogP contribution is -2.17. The number of hydrogen-bond donors (Lipinski definition) is 2. The van der Waals surface area contributed by atoms with E-state index in [0.717, 1.165) is 23.6 Å². The minimum atomic E-state index is -1.61. The zero-order valence-electron chi connectivity index (χ0n) is 13.9. The Morgan fingerprint density at radius 2 is 1.72 bits per heavy atom. The van der Waals surface area contributed by atoms with Crippen molar-refractivity contribution in [2.75, 3.05) is 17.2 Å². The molecule has 0 aliphatic carbocycles. The molecule has 134 valence electrons. The Labute approximate surface area is 144 Å². The van der Waals surface area contributed by atoms with Crippen LogP contribution in [-0.2, 0) is 4.79 Å². The molecule has 2 N–H and O–H groups in total. The van der Waals surface area contributed by atoms with Gasteiger partial charge in [0.25, 0.3) is 0 Å². The predicted molar refractivity (Wildman–Crippen MR) is 90.3 cm³/mol. The summed E-state index contributed by atoms with van der Waals surface area (Å²) in [5.74, 6) is -4.10. The third-order valence-electron chi connectivity index (χ3n) is 3.22. The summed E-state index contributed by atoms with van der Waals surface area (Å²) in [6.07, 6.45) is 0.113. The number of hydrogen-bond acceptors (Lipinski definition) is 3. The maximum atomic E-state index is 13.5. The van der Waals surface area contributed by atoms with Crippen LogP contribution in [0.3, 0.4) is 0 Å². The highest BCUT2D eigenvalue weighted by molar-refractivity contribution is 5.91. The highest BCUT2D eigenvalue weighted by atomic mass is 19.2. The number of nitrogens with one attached hydrogen (secondary N) is 2. The molecule has 0 bridgehead atoms. The number of carbonyl (C=O) groups is 1. The number of carbonyl (C=O) groups excluding carboxylic acids is 1. The van der Waals surface area contributed by atoms with Crippen molar-refractivity contribution >= 4 is 17.3 Å². The second-order valence-electron chi connectivity index (χ2n) is 5.64. The number of ether oxygens (including phenoxy) is 1. The summed E-state index contributed by atoms with van der Waals surface area (Å²) in [5, 5.41) is 5.25. The monoisotopic (exact) mass is 352 g/mol. The molecule has 0 aliphatic heterocycles. The van der Waals surface area contributed by atoms with E-state index in [1.165, 1.54) is 0 Å². The van der Waals surface area contributed by atoms with Crippen LogP contribution in [0.2, 0.25) is 0 Å². The van der Waals surface area contributed by atoms with Crippen molar-refractivity contribution in [2.24, 2.45) is 0 Å². The van der Waals surface area contributed by atoms with Gasteiger partial charge in [-0.1, -0.05) is 0 Å². The van der Waals surface area contributed by atoms with Crippen molar-refractivity contribution < 1.29 is 22.7 Å². The molecule has 0 spiro atoms. The van der Waals surface area contributed by atoms with Crippen LogP contribution in [-0.4, -0.2) is 18.6 Å². The molecule has 2 rings (SSSR count). The van der Waals surface area contributed by atoms with E-state index < -0.39 is 23.4 Å². The first kappa shape index (κ1) is 18.6. The molecular weight excluding hydrogens is 333 g/mol. The van der Waals surface area contributed by atoms with E-state index in [0.29, 0.717) is 6.54 Å². The molecule has 0 atom stereocenters. The highest BCUT2D eigenvalue weighted by Gasteiger charge is 2.14. The number of anilines is 2. The van der Waals surface area contributed by atoms with Gasteiger partial charge in [0.05, 0.1) is 11.8 Å². The van der Waals surface area contributed by atoms with Gasteiger partial charge in [-0.3, -0.25) is 4.79 Å².